The Balaban J connectivity index is 0.00000220. The third kappa shape index (κ3) is 4.04. The van der Waals surface area contributed by atoms with Gasteiger partial charge in [0.25, 0.3) is 5.89 Å². The molecule has 0 saturated heterocycles. The number of aryl methyl sites for hydroxylation is 1. The Bertz CT molecular complexity index is 563. The van der Waals surface area contributed by atoms with Gasteiger partial charge in [-0.15, -0.1) is 12.4 Å². The van der Waals surface area contributed by atoms with E-state index in [-0.39, 0.29) is 12.4 Å². The zero-order valence-electron chi connectivity index (χ0n) is 13.3. The van der Waals surface area contributed by atoms with E-state index in [1.54, 1.807) is 0 Å². The Kier molecular flexibility index (Phi) is 6.36. The normalized spacial score (nSPS) is 12.5. The van der Waals surface area contributed by atoms with Gasteiger partial charge in [-0.1, -0.05) is 19.0 Å². The van der Waals surface area contributed by atoms with E-state index >= 15 is 0 Å². The van der Waals surface area contributed by atoms with Gasteiger partial charge in [0.1, 0.15) is 5.69 Å². The van der Waals surface area contributed by atoms with Crippen LogP contribution >= 0.6 is 12.4 Å². The zero-order valence-corrected chi connectivity index (χ0v) is 14.1. The standard InChI is InChI=1S/C14H23N5O.ClH/c1-6-19-12(8-11(17-19)9(2)3)14-16-13(18-20-14)7-10(4)15-5;/h8-10,15H,6-7H2,1-5H3;1H. The van der Waals surface area contributed by atoms with Crippen LogP contribution in [0.2, 0.25) is 0 Å². The second-order valence-corrected chi connectivity index (χ2v) is 5.33. The van der Waals surface area contributed by atoms with E-state index in [1.807, 2.05) is 17.8 Å². The molecule has 0 aliphatic heterocycles. The van der Waals surface area contributed by atoms with Gasteiger partial charge in [0.15, 0.2) is 5.82 Å². The highest BCUT2D eigenvalue weighted by Crippen LogP contribution is 2.22. The topological polar surface area (TPSA) is 68.8 Å². The number of halogens is 1. The summed E-state index contributed by atoms with van der Waals surface area (Å²) in [5.41, 5.74) is 1.94. The van der Waals surface area contributed by atoms with Crippen molar-refractivity contribution in [2.75, 3.05) is 7.05 Å². The maximum atomic E-state index is 5.38. The van der Waals surface area contributed by atoms with Crippen molar-refractivity contribution in [3.05, 3.63) is 17.6 Å². The molecule has 7 heteroatoms. The molecule has 21 heavy (non-hydrogen) atoms. The molecule has 0 saturated carbocycles. The fraction of sp³-hybridized carbons (Fsp3) is 0.643. The Labute approximate surface area is 131 Å². The third-order valence-corrected chi connectivity index (χ3v) is 3.36. The minimum Gasteiger partial charge on any atom is -0.332 e. The lowest BCUT2D eigenvalue weighted by Gasteiger charge is -2.04. The molecule has 0 radical (unpaired) electrons. The van der Waals surface area contributed by atoms with Crippen molar-refractivity contribution in [1.82, 2.24) is 25.2 Å². The molecule has 2 rings (SSSR count). The lowest BCUT2D eigenvalue weighted by molar-refractivity contribution is 0.414. The molecule has 0 bridgehead atoms. The van der Waals surface area contributed by atoms with Crippen LogP contribution in [0.15, 0.2) is 10.6 Å². The first-order valence-corrected chi connectivity index (χ1v) is 7.13. The first-order chi connectivity index (χ1) is 9.55. The van der Waals surface area contributed by atoms with Gasteiger partial charge < -0.3 is 9.84 Å². The molecule has 118 valence electrons. The lowest BCUT2D eigenvalue weighted by Crippen LogP contribution is -2.24. The molecule has 2 heterocycles. The summed E-state index contributed by atoms with van der Waals surface area (Å²) in [5, 5.41) is 11.8. The molecule has 0 fully saturated rings. The van der Waals surface area contributed by atoms with Crippen LogP contribution in [0.4, 0.5) is 0 Å². The van der Waals surface area contributed by atoms with Crippen LogP contribution in [-0.4, -0.2) is 33.0 Å². The SMILES string of the molecule is CCn1nc(C(C)C)cc1-c1nc(CC(C)NC)no1.Cl. The Morgan fingerprint density at radius 1 is 1.33 bits per heavy atom. The van der Waals surface area contributed by atoms with Crippen molar-refractivity contribution in [2.24, 2.45) is 0 Å². The molecule has 1 unspecified atom stereocenters. The minimum absolute atomic E-state index is 0. The van der Waals surface area contributed by atoms with Crippen molar-refractivity contribution >= 4 is 12.4 Å². The molecule has 2 aromatic heterocycles. The molecule has 0 aliphatic carbocycles. The summed E-state index contributed by atoms with van der Waals surface area (Å²) in [6.45, 7) is 9.18. The average molecular weight is 314 g/mol. The van der Waals surface area contributed by atoms with Crippen LogP contribution in [0.5, 0.6) is 0 Å². The van der Waals surface area contributed by atoms with E-state index in [0.29, 0.717) is 17.9 Å². The monoisotopic (exact) mass is 313 g/mol. The molecule has 0 aromatic carbocycles. The van der Waals surface area contributed by atoms with Crippen molar-refractivity contribution in [1.29, 1.82) is 0 Å². The smallest absolute Gasteiger partial charge is 0.276 e. The van der Waals surface area contributed by atoms with Gasteiger partial charge in [0, 0.05) is 19.0 Å². The maximum Gasteiger partial charge on any atom is 0.276 e. The van der Waals surface area contributed by atoms with E-state index in [4.69, 9.17) is 4.52 Å². The van der Waals surface area contributed by atoms with E-state index < -0.39 is 0 Å². The largest absolute Gasteiger partial charge is 0.332 e. The van der Waals surface area contributed by atoms with E-state index in [2.05, 4.69) is 48.3 Å². The number of hydrogen-bond donors (Lipinski definition) is 1. The summed E-state index contributed by atoms with van der Waals surface area (Å²) in [6.07, 6.45) is 0.747. The number of rotatable bonds is 6. The average Bonchev–Trinajstić information content (AvgIpc) is 3.04. The first kappa shape index (κ1) is 17.7. The number of likely N-dealkylation sites (N-methyl/N-ethyl adjacent to an activating group) is 1. The van der Waals surface area contributed by atoms with Gasteiger partial charge in [-0.3, -0.25) is 4.68 Å². The summed E-state index contributed by atoms with van der Waals surface area (Å²) in [6, 6.07) is 2.36. The molecular formula is C14H24ClN5O. The number of aromatic nitrogens is 4. The van der Waals surface area contributed by atoms with Crippen molar-refractivity contribution in [3.8, 4) is 11.6 Å². The molecule has 6 nitrogen and oxygen atoms in total. The van der Waals surface area contributed by atoms with Crippen LogP contribution in [0.25, 0.3) is 11.6 Å². The predicted molar refractivity (Wildman–Crippen MR) is 84.8 cm³/mol. The number of nitrogens with one attached hydrogen (secondary N) is 1. The van der Waals surface area contributed by atoms with E-state index in [0.717, 1.165) is 30.2 Å². The van der Waals surface area contributed by atoms with Gasteiger partial charge in [-0.2, -0.15) is 10.1 Å². The highest BCUT2D eigenvalue weighted by molar-refractivity contribution is 5.85. The van der Waals surface area contributed by atoms with Gasteiger partial charge in [0.2, 0.25) is 0 Å². The van der Waals surface area contributed by atoms with Gasteiger partial charge >= 0.3 is 0 Å². The number of hydrogen-bond acceptors (Lipinski definition) is 5. The molecular weight excluding hydrogens is 290 g/mol. The zero-order chi connectivity index (χ0) is 14.7. The van der Waals surface area contributed by atoms with Crippen LogP contribution < -0.4 is 5.32 Å². The van der Waals surface area contributed by atoms with Crippen molar-refractivity contribution in [3.63, 3.8) is 0 Å². The maximum absolute atomic E-state index is 5.38. The van der Waals surface area contributed by atoms with Crippen LogP contribution in [-0.2, 0) is 13.0 Å². The fourth-order valence-electron chi connectivity index (χ4n) is 1.95. The van der Waals surface area contributed by atoms with Gasteiger partial charge in [-0.25, -0.2) is 0 Å². The van der Waals surface area contributed by atoms with Crippen molar-refractivity contribution < 1.29 is 4.52 Å². The molecule has 2 aromatic rings. The first-order valence-electron chi connectivity index (χ1n) is 7.13. The second kappa shape index (κ2) is 7.56. The summed E-state index contributed by atoms with van der Waals surface area (Å²) in [7, 11) is 1.92. The summed E-state index contributed by atoms with van der Waals surface area (Å²) < 4.78 is 7.29. The summed E-state index contributed by atoms with van der Waals surface area (Å²) in [4.78, 5) is 4.47. The summed E-state index contributed by atoms with van der Waals surface area (Å²) in [5.74, 6) is 1.65. The van der Waals surface area contributed by atoms with E-state index in [9.17, 15) is 0 Å². The Morgan fingerprint density at radius 2 is 2.05 bits per heavy atom. The minimum atomic E-state index is 0. The lowest BCUT2D eigenvalue weighted by atomic mass is 10.1. The quantitative estimate of drug-likeness (QED) is 0.888. The Morgan fingerprint density at radius 3 is 2.62 bits per heavy atom. The molecule has 0 amide bonds. The predicted octanol–water partition coefficient (Wildman–Crippen LogP) is 2.65. The molecule has 0 aliphatic rings. The van der Waals surface area contributed by atoms with Crippen LogP contribution in [0.3, 0.4) is 0 Å². The summed E-state index contributed by atoms with van der Waals surface area (Å²) >= 11 is 0. The fourth-order valence-corrected chi connectivity index (χ4v) is 1.95. The van der Waals surface area contributed by atoms with Gasteiger partial charge in [-0.05, 0) is 32.9 Å². The second-order valence-electron chi connectivity index (χ2n) is 5.33. The highest BCUT2D eigenvalue weighted by Gasteiger charge is 2.17. The Hall–Kier alpha value is -1.40. The third-order valence-electron chi connectivity index (χ3n) is 3.36. The van der Waals surface area contributed by atoms with Crippen molar-refractivity contribution in [2.45, 2.75) is 52.6 Å². The van der Waals surface area contributed by atoms with E-state index in [1.165, 1.54) is 0 Å². The molecule has 1 N–H and O–H groups in total. The highest BCUT2D eigenvalue weighted by atomic mass is 35.5. The number of nitrogens with zero attached hydrogens (tertiary/aromatic N) is 4. The molecule has 0 spiro atoms. The van der Waals surface area contributed by atoms with Gasteiger partial charge in [0.05, 0.1) is 5.69 Å². The van der Waals surface area contributed by atoms with Crippen LogP contribution in [0.1, 0.15) is 45.1 Å². The van der Waals surface area contributed by atoms with Crippen LogP contribution in [0, 0.1) is 0 Å². The molecule has 1 atom stereocenters.